The molecule has 8 heteroatoms. The molecule has 1 amide bonds. The number of aliphatic hydroxyl groups is 3. The van der Waals surface area contributed by atoms with Crippen LogP contribution in [0.3, 0.4) is 0 Å². The molecule has 2 aromatic carbocycles. The van der Waals surface area contributed by atoms with Crippen molar-refractivity contribution in [1.82, 2.24) is 4.90 Å². The maximum atomic E-state index is 13.3. The summed E-state index contributed by atoms with van der Waals surface area (Å²) in [4.78, 5) is 27.6. The van der Waals surface area contributed by atoms with Crippen LogP contribution in [0.4, 0.5) is 0 Å². The minimum absolute atomic E-state index is 0.00644. The summed E-state index contributed by atoms with van der Waals surface area (Å²) in [6.07, 6.45) is 0. The van der Waals surface area contributed by atoms with Gasteiger partial charge < -0.3 is 29.7 Å². The van der Waals surface area contributed by atoms with Gasteiger partial charge in [-0.15, -0.1) is 0 Å². The first-order valence-electron chi connectivity index (χ1n) is 10.3. The molecule has 166 valence electrons. The summed E-state index contributed by atoms with van der Waals surface area (Å²) >= 11 is 0. The van der Waals surface area contributed by atoms with E-state index in [4.69, 9.17) is 9.47 Å². The van der Waals surface area contributed by atoms with E-state index in [1.165, 1.54) is 19.2 Å². The van der Waals surface area contributed by atoms with Gasteiger partial charge in [-0.2, -0.15) is 0 Å². The van der Waals surface area contributed by atoms with Crippen LogP contribution in [0.25, 0.3) is 5.76 Å². The molecule has 5 rings (SSSR count). The van der Waals surface area contributed by atoms with Crippen LogP contribution in [-0.2, 0) is 25.9 Å². The zero-order valence-electron chi connectivity index (χ0n) is 17.8. The van der Waals surface area contributed by atoms with Gasteiger partial charge in [0.25, 0.3) is 17.5 Å². The van der Waals surface area contributed by atoms with Crippen molar-refractivity contribution in [3.05, 3.63) is 70.8 Å². The van der Waals surface area contributed by atoms with Crippen LogP contribution in [0.15, 0.2) is 54.1 Å². The third-order valence-corrected chi connectivity index (χ3v) is 6.47. The van der Waals surface area contributed by atoms with Gasteiger partial charge in [0.05, 0.1) is 12.7 Å². The first-order chi connectivity index (χ1) is 15.1. The number of fused-ring (bicyclic) bond motifs is 2. The van der Waals surface area contributed by atoms with E-state index in [9.17, 15) is 24.9 Å². The van der Waals surface area contributed by atoms with Gasteiger partial charge in [0.2, 0.25) is 11.3 Å². The number of amides is 1. The zero-order chi connectivity index (χ0) is 23.1. The number of carbonyl (C=O) groups excluding carboxylic acids is 2. The van der Waals surface area contributed by atoms with E-state index in [1.807, 2.05) is 13.8 Å². The summed E-state index contributed by atoms with van der Waals surface area (Å²) in [5.41, 5.74) is -2.06. The number of benzene rings is 2. The van der Waals surface area contributed by atoms with Crippen LogP contribution >= 0.6 is 0 Å². The van der Waals surface area contributed by atoms with E-state index >= 15 is 0 Å². The molecule has 1 fully saturated rings. The fourth-order valence-corrected chi connectivity index (χ4v) is 5.23. The Kier molecular flexibility index (Phi) is 4.15. The first kappa shape index (κ1) is 20.7. The number of ether oxygens (including phenoxy) is 2. The van der Waals surface area contributed by atoms with E-state index in [1.54, 1.807) is 36.4 Å². The number of methoxy groups -OCH3 is 1. The van der Waals surface area contributed by atoms with Crippen molar-refractivity contribution >= 4 is 17.4 Å². The largest absolute Gasteiger partial charge is 0.497 e. The van der Waals surface area contributed by atoms with Crippen LogP contribution in [0.5, 0.6) is 5.75 Å². The molecule has 3 aliphatic rings. The highest BCUT2D eigenvalue weighted by molar-refractivity contribution is 6.48. The van der Waals surface area contributed by atoms with Crippen molar-refractivity contribution in [2.24, 2.45) is 5.92 Å². The van der Waals surface area contributed by atoms with Gasteiger partial charge in [0.1, 0.15) is 11.5 Å². The van der Waals surface area contributed by atoms with E-state index in [2.05, 4.69) is 0 Å². The van der Waals surface area contributed by atoms with Crippen molar-refractivity contribution in [3.63, 3.8) is 0 Å². The minimum Gasteiger partial charge on any atom is -0.497 e. The molecule has 1 aliphatic carbocycles. The number of likely N-dealkylation sites (tertiary alicyclic amines) is 1. The van der Waals surface area contributed by atoms with Crippen molar-refractivity contribution in [3.8, 4) is 5.75 Å². The molecular weight excluding hydrogens is 414 g/mol. The molecule has 8 nitrogen and oxygen atoms in total. The molecule has 0 bridgehead atoms. The Bertz CT molecular complexity index is 1180. The van der Waals surface area contributed by atoms with Crippen LogP contribution < -0.4 is 4.74 Å². The summed E-state index contributed by atoms with van der Waals surface area (Å²) < 4.78 is 11.2. The lowest BCUT2D eigenvalue weighted by atomic mass is 9.78. The van der Waals surface area contributed by atoms with Gasteiger partial charge >= 0.3 is 0 Å². The van der Waals surface area contributed by atoms with Gasteiger partial charge in [-0.25, -0.2) is 0 Å². The molecule has 3 N–H and O–H groups in total. The van der Waals surface area contributed by atoms with E-state index in [-0.39, 0.29) is 34.9 Å². The number of hydrogen-bond donors (Lipinski definition) is 3. The average molecular weight is 437 g/mol. The van der Waals surface area contributed by atoms with Gasteiger partial charge in [-0.3, -0.25) is 9.59 Å². The molecule has 2 aromatic rings. The quantitative estimate of drug-likeness (QED) is 0.487. The first-order valence-corrected chi connectivity index (χ1v) is 10.3. The maximum absolute atomic E-state index is 13.3. The lowest BCUT2D eigenvalue weighted by molar-refractivity contribution is -0.312. The smallest absolute Gasteiger partial charge is 0.296 e. The lowest BCUT2D eigenvalue weighted by Crippen LogP contribution is -2.66. The second-order valence-electron chi connectivity index (χ2n) is 8.75. The Morgan fingerprint density at radius 3 is 2.22 bits per heavy atom. The van der Waals surface area contributed by atoms with E-state index in [0.29, 0.717) is 11.3 Å². The molecule has 1 saturated heterocycles. The Morgan fingerprint density at radius 1 is 1.00 bits per heavy atom. The molecular formula is C24H23NO7. The Balaban J connectivity index is 1.85. The number of carbonyl (C=O) groups is 2. The summed E-state index contributed by atoms with van der Waals surface area (Å²) in [7, 11) is 1.51. The SMILES string of the molecule is COc1ccc(C2=C3C(=O)C(=O)N(CC(C)C)[C@]34C(O)(O)c3ccccc3[C@@]4(O)O2)cc1. The Labute approximate surface area is 184 Å². The molecule has 2 aliphatic heterocycles. The monoisotopic (exact) mass is 437 g/mol. The minimum atomic E-state index is -2.78. The average Bonchev–Trinajstić information content (AvgIpc) is 3.24. The van der Waals surface area contributed by atoms with Crippen LogP contribution in [0, 0.1) is 5.92 Å². The molecule has 0 aromatic heterocycles. The van der Waals surface area contributed by atoms with Gasteiger partial charge in [0, 0.05) is 23.2 Å². The number of nitrogens with zero attached hydrogens (tertiary/aromatic N) is 1. The lowest BCUT2D eigenvalue weighted by Gasteiger charge is -2.45. The fourth-order valence-electron chi connectivity index (χ4n) is 5.23. The normalized spacial score (nSPS) is 27.5. The zero-order valence-corrected chi connectivity index (χ0v) is 17.8. The van der Waals surface area contributed by atoms with Crippen molar-refractivity contribution in [2.45, 2.75) is 31.0 Å². The van der Waals surface area contributed by atoms with E-state index < -0.39 is 28.8 Å². The standard InChI is InChI=1S/C24H23NO7/c1-13(2)12-25-21(27)19(26)18-20(14-8-10-15(31-3)11-9-14)32-24(30)17-7-5-4-6-16(17)23(28,29)22(18,24)25/h4-11,13,28-30H,12H2,1-3H3/t22-,24+/m0/s1. The Hall–Kier alpha value is -3.20. The summed E-state index contributed by atoms with van der Waals surface area (Å²) in [5, 5.41) is 35.0. The van der Waals surface area contributed by atoms with Gasteiger partial charge in [-0.1, -0.05) is 38.1 Å². The molecule has 32 heavy (non-hydrogen) atoms. The molecule has 0 unspecified atom stereocenters. The van der Waals surface area contributed by atoms with Crippen LogP contribution in [0.2, 0.25) is 0 Å². The predicted molar refractivity (Wildman–Crippen MR) is 112 cm³/mol. The Morgan fingerprint density at radius 2 is 1.62 bits per heavy atom. The number of ketones is 1. The highest BCUT2D eigenvalue weighted by atomic mass is 16.6. The third-order valence-electron chi connectivity index (χ3n) is 6.47. The van der Waals surface area contributed by atoms with Crippen LogP contribution in [-0.4, -0.2) is 51.1 Å². The summed E-state index contributed by atoms with van der Waals surface area (Å²) in [6.45, 7) is 3.66. The van der Waals surface area contributed by atoms with Gasteiger partial charge in [0.15, 0.2) is 0 Å². The summed E-state index contributed by atoms with van der Waals surface area (Å²) in [6, 6.07) is 12.7. The molecule has 2 heterocycles. The molecule has 0 radical (unpaired) electrons. The number of Topliss-reactive ketones (excluding diaryl/α,β-unsaturated/α-hetero) is 1. The number of rotatable bonds is 4. The third kappa shape index (κ3) is 2.16. The number of hydrogen-bond acceptors (Lipinski definition) is 7. The second-order valence-corrected chi connectivity index (χ2v) is 8.75. The van der Waals surface area contributed by atoms with Crippen molar-refractivity contribution in [1.29, 1.82) is 0 Å². The molecule has 0 saturated carbocycles. The summed E-state index contributed by atoms with van der Waals surface area (Å²) in [5.74, 6) is -6.65. The highest BCUT2D eigenvalue weighted by Crippen LogP contribution is 2.67. The molecule has 1 spiro atoms. The second kappa shape index (κ2) is 6.41. The van der Waals surface area contributed by atoms with Crippen LogP contribution in [0.1, 0.15) is 30.5 Å². The van der Waals surface area contributed by atoms with Crippen molar-refractivity contribution in [2.75, 3.05) is 13.7 Å². The van der Waals surface area contributed by atoms with Crippen molar-refractivity contribution < 1.29 is 34.4 Å². The van der Waals surface area contributed by atoms with Gasteiger partial charge in [-0.05, 0) is 30.2 Å². The van der Waals surface area contributed by atoms with E-state index in [0.717, 1.165) is 4.90 Å². The maximum Gasteiger partial charge on any atom is 0.296 e. The highest BCUT2D eigenvalue weighted by Gasteiger charge is 2.85. The fraction of sp³-hybridized carbons (Fsp3) is 0.333. The topological polar surface area (TPSA) is 117 Å². The molecule has 2 atom stereocenters. The predicted octanol–water partition coefficient (Wildman–Crippen LogP) is 1.24.